The number of amides is 3. The zero-order chi connectivity index (χ0) is 14.3. The number of carbonyl (C=O) groups is 3. The predicted molar refractivity (Wildman–Crippen MR) is 69.5 cm³/mol. The van der Waals surface area contributed by atoms with E-state index in [0.29, 0.717) is 18.4 Å². The summed E-state index contributed by atoms with van der Waals surface area (Å²) in [7, 11) is 0. The van der Waals surface area contributed by atoms with Crippen molar-refractivity contribution in [2.45, 2.75) is 45.4 Å². The molecule has 1 saturated carbocycles. The normalized spacial score (nSPS) is 21.9. The van der Waals surface area contributed by atoms with Crippen LogP contribution in [0.2, 0.25) is 0 Å². The Morgan fingerprint density at radius 3 is 2.53 bits per heavy atom. The Balaban J connectivity index is 2.12. The minimum absolute atomic E-state index is 0.0551. The van der Waals surface area contributed by atoms with E-state index in [0.717, 1.165) is 6.42 Å². The quantitative estimate of drug-likeness (QED) is 0.681. The molecule has 0 bridgehead atoms. The van der Waals surface area contributed by atoms with Gasteiger partial charge in [0.15, 0.2) is 0 Å². The van der Waals surface area contributed by atoms with E-state index in [1.54, 1.807) is 0 Å². The summed E-state index contributed by atoms with van der Waals surface area (Å²) in [6, 6.07) is -0.487. The van der Waals surface area contributed by atoms with Crippen molar-refractivity contribution in [3.8, 4) is 0 Å². The number of carboxylic acid groups (broad SMARTS) is 1. The van der Waals surface area contributed by atoms with Crippen LogP contribution in [0.4, 0.5) is 4.79 Å². The Morgan fingerprint density at radius 2 is 1.95 bits per heavy atom. The van der Waals surface area contributed by atoms with Crippen LogP contribution >= 0.6 is 0 Å². The number of aliphatic carboxylic acids is 1. The van der Waals surface area contributed by atoms with Gasteiger partial charge in [-0.25, -0.2) is 4.79 Å². The zero-order valence-electron chi connectivity index (χ0n) is 11.3. The molecular formula is C13H22N2O4. The first-order valence-corrected chi connectivity index (χ1v) is 6.78. The van der Waals surface area contributed by atoms with E-state index >= 15 is 0 Å². The summed E-state index contributed by atoms with van der Waals surface area (Å²) in [6.07, 6.45) is 3.75. The SMILES string of the molecule is CC1CCCC1CNC(=O)NC(=O)CCCC(=O)O. The van der Waals surface area contributed by atoms with Crippen molar-refractivity contribution < 1.29 is 19.5 Å². The van der Waals surface area contributed by atoms with E-state index in [9.17, 15) is 14.4 Å². The monoisotopic (exact) mass is 270 g/mol. The number of imide groups is 1. The lowest BCUT2D eigenvalue weighted by Gasteiger charge is -2.15. The second-order valence-corrected chi connectivity index (χ2v) is 5.17. The third-order valence-electron chi connectivity index (χ3n) is 3.61. The molecular weight excluding hydrogens is 248 g/mol. The molecule has 0 heterocycles. The fourth-order valence-electron chi connectivity index (χ4n) is 2.38. The number of nitrogens with one attached hydrogen (secondary N) is 2. The highest BCUT2D eigenvalue weighted by Crippen LogP contribution is 2.30. The molecule has 1 aliphatic rings. The maximum atomic E-state index is 11.5. The van der Waals surface area contributed by atoms with Crippen molar-refractivity contribution in [2.75, 3.05) is 6.54 Å². The number of urea groups is 1. The van der Waals surface area contributed by atoms with Gasteiger partial charge in [0, 0.05) is 19.4 Å². The number of hydrogen-bond acceptors (Lipinski definition) is 3. The van der Waals surface area contributed by atoms with Crippen molar-refractivity contribution >= 4 is 17.9 Å². The minimum atomic E-state index is -0.938. The number of rotatable bonds is 6. The van der Waals surface area contributed by atoms with E-state index in [1.807, 2.05) is 0 Å². The molecule has 0 aromatic rings. The third-order valence-corrected chi connectivity index (χ3v) is 3.61. The summed E-state index contributed by atoms with van der Waals surface area (Å²) in [5, 5.41) is 13.3. The van der Waals surface area contributed by atoms with Crippen LogP contribution in [0.3, 0.4) is 0 Å². The first-order valence-electron chi connectivity index (χ1n) is 6.78. The fourth-order valence-corrected chi connectivity index (χ4v) is 2.38. The Kier molecular flexibility index (Phi) is 6.32. The van der Waals surface area contributed by atoms with Crippen LogP contribution < -0.4 is 10.6 Å². The molecule has 0 saturated heterocycles. The van der Waals surface area contributed by atoms with Crippen LogP contribution in [0.1, 0.15) is 45.4 Å². The van der Waals surface area contributed by atoms with E-state index in [4.69, 9.17) is 5.11 Å². The zero-order valence-corrected chi connectivity index (χ0v) is 11.3. The van der Waals surface area contributed by atoms with Crippen molar-refractivity contribution in [3.63, 3.8) is 0 Å². The highest BCUT2D eigenvalue weighted by Gasteiger charge is 2.23. The van der Waals surface area contributed by atoms with Gasteiger partial charge in [-0.05, 0) is 24.7 Å². The largest absolute Gasteiger partial charge is 0.481 e. The Morgan fingerprint density at radius 1 is 1.21 bits per heavy atom. The standard InChI is InChI=1S/C13H22N2O4/c1-9-4-2-5-10(9)8-14-13(19)15-11(16)6-3-7-12(17)18/h9-10H,2-8H2,1H3,(H,17,18)(H2,14,15,16,19). The van der Waals surface area contributed by atoms with Gasteiger partial charge in [0.1, 0.15) is 0 Å². The van der Waals surface area contributed by atoms with Crippen molar-refractivity contribution in [1.82, 2.24) is 10.6 Å². The summed E-state index contributed by atoms with van der Waals surface area (Å²) in [5.74, 6) is -0.259. The summed E-state index contributed by atoms with van der Waals surface area (Å²) < 4.78 is 0. The smallest absolute Gasteiger partial charge is 0.321 e. The lowest BCUT2D eigenvalue weighted by atomic mass is 9.98. The molecule has 0 spiro atoms. The third kappa shape index (κ3) is 6.22. The van der Waals surface area contributed by atoms with Gasteiger partial charge in [0.2, 0.25) is 5.91 Å². The maximum absolute atomic E-state index is 11.5. The number of carboxylic acids is 1. The molecule has 1 aliphatic carbocycles. The molecule has 1 fully saturated rings. The van der Waals surface area contributed by atoms with E-state index in [2.05, 4.69) is 17.6 Å². The van der Waals surface area contributed by atoms with E-state index < -0.39 is 17.9 Å². The molecule has 0 aromatic carbocycles. The molecule has 19 heavy (non-hydrogen) atoms. The van der Waals surface area contributed by atoms with Crippen molar-refractivity contribution in [1.29, 1.82) is 0 Å². The van der Waals surface area contributed by atoms with Crippen LogP contribution in [0.5, 0.6) is 0 Å². The molecule has 108 valence electrons. The summed E-state index contributed by atoms with van der Waals surface area (Å²) >= 11 is 0. The summed E-state index contributed by atoms with van der Waals surface area (Å²) in [5.41, 5.74) is 0. The topological polar surface area (TPSA) is 95.5 Å². The molecule has 6 heteroatoms. The summed E-state index contributed by atoms with van der Waals surface area (Å²) in [4.78, 5) is 33.1. The Hall–Kier alpha value is -1.59. The second kappa shape index (κ2) is 7.76. The van der Waals surface area contributed by atoms with Crippen LogP contribution in [0, 0.1) is 11.8 Å². The lowest BCUT2D eigenvalue weighted by Crippen LogP contribution is -2.41. The van der Waals surface area contributed by atoms with Gasteiger partial charge in [-0.2, -0.15) is 0 Å². The molecule has 3 amide bonds. The highest BCUT2D eigenvalue weighted by molar-refractivity contribution is 5.94. The van der Waals surface area contributed by atoms with Crippen LogP contribution in [-0.2, 0) is 9.59 Å². The molecule has 0 radical (unpaired) electrons. The molecule has 0 aliphatic heterocycles. The minimum Gasteiger partial charge on any atom is -0.481 e. The Labute approximate surface area is 112 Å². The summed E-state index contributed by atoms with van der Waals surface area (Å²) in [6.45, 7) is 2.77. The average Bonchev–Trinajstić information content (AvgIpc) is 2.71. The van der Waals surface area contributed by atoms with Gasteiger partial charge in [0.25, 0.3) is 0 Å². The first-order chi connectivity index (χ1) is 8.99. The first kappa shape index (κ1) is 15.5. The van der Waals surface area contributed by atoms with Crippen molar-refractivity contribution in [2.24, 2.45) is 11.8 Å². The maximum Gasteiger partial charge on any atom is 0.321 e. The molecule has 1 rings (SSSR count). The molecule has 3 N–H and O–H groups in total. The average molecular weight is 270 g/mol. The van der Waals surface area contributed by atoms with Gasteiger partial charge < -0.3 is 10.4 Å². The van der Waals surface area contributed by atoms with Crippen LogP contribution in [0.25, 0.3) is 0 Å². The number of hydrogen-bond donors (Lipinski definition) is 3. The Bertz CT molecular complexity index is 344. The molecule has 2 atom stereocenters. The van der Waals surface area contributed by atoms with Gasteiger partial charge >= 0.3 is 12.0 Å². The van der Waals surface area contributed by atoms with Gasteiger partial charge in [-0.3, -0.25) is 14.9 Å². The van der Waals surface area contributed by atoms with Crippen molar-refractivity contribution in [3.05, 3.63) is 0 Å². The highest BCUT2D eigenvalue weighted by atomic mass is 16.4. The molecule has 6 nitrogen and oxygen atoms in total. The second-order valence-electron chi connectivity index (χ2n) is 5.17. The molecule has 0 aromatic heterocycles. The van der Waals surface area contributed by atoms with Crippen LogP contribution in [-0.4, -0.2) is 29.6 Å². The number of carbonyl (C=O) groups excluding carboxylic acids is 2. The fraction of sp³-hybridized carbons (Fsp3) is 0.769. The van der Waals surface area contributed by atoms with Crippen LogP contribution in [0.15, 0.2) is 0 Å². The predicted octanol–water partition coefficient (Wildman–Crippen LogP) is 1.50. The lowest BCUT2D eigenvalue weighted by molar-refractivity contribution is -0.137. The van der Waals surface area contributed by atoms with E-state index in [1.165, 1.54) is 12.8 Å². The van der Waals surface area contributed by atoms with Gasteiger partial charge in [-0.15, -0.1) is 0 Å². The molecule has 2 unspecified atom stereocenters. The van der Waals surface area contributed by atoms with Gasteiger partial charge in [-0.1, -0.05) is 19.8 Å². The van der Waals surface area contributed by atoms with Gasteiger partial charge in [0.05, 0.1) is 0 Å². The van der Waals surface area contributed by atoms with E-state index in [-0.39, 0.29) is 19.3 Å².